The van der Waals surface area contributed by atoms with Crippen molar-refractivity contribution in [3.63, 3.8) is 0 Å². The molecule has 0 spiro atoms. The summed E-state index contributed by atoms with van der Waals surface area (Å²) in [5, 5.41) is 24.1. The monoisotopic (exact) mass is 522 g/mol. The second-order valence-corrected chi connectivity index (χ2v) is 9.98. The molecule has 0 unspecified atom stereocenters. The van der Waals surface area contributed by atoms with Crippen molar-refractivity contribution < 1.29 is 29.0 Å². The van der Waals surface area contributed by atoms with Crippen molar-refractivity contribution in [1.29, 1.82) is 5.41 Å². The Labute approximate surface area is 221 Å². The summed E-state index contributed by atoms with van der Waals surface area (Å²) < 4.78 is 11.0. The van der Waals surface area contributed by atoms with Crippen LogP contribution in [0.5, 0.6) is 0 Å². The van der Waals surface area contributed by atoms with Crippen molar-refractivity contribution in [3.8, 4) is 0 Å². The van der Waals surface area contributed by atoms with E-state index in [1.807, 2.05) is 13.0 Å². The number of anilines is 2. The second-order valence-electron chi connectivity index (χ2n) is 9.98. The van der Waals surface area contributed by atoms with E-state index in [9.17, 15) is 19.5 Å². The van der Waals surface area contributed by atoms with Crippen LogP contribution in [0.4, 0.5) is 11.4 Å². The lowest BCUT2D eigenvalue weighted by Gasteiger charge is -2.34. The van der Waals surface area contributed by atoms with E-state index in [0.29, 0.717) is 35.9 Å². The molecule has 1 saturated heterocycles. The number of carbonyl (C=O) groups excluding carboxylic acids is 3. The van der Waals surface area contributed by atoms with E-state index in [2.05, 4.69) is 10.6 Å². The maximum atomic E-state index is 13.3. The molecule has 0 saturated carbocycles. The standard InChI is InChI=1S/C28H34N4O6/c1-4-5-12-38-27(36)28(2,3)18-7-6-8-20(15-18)32-11-13-37-23(26(32)35)22(33)25(34)31-19-9-10-21-17(14-19)16-30-24(21)29/h6-10,14-15,22-23,33H,4-5,11-13,16H2,1-3H3,(H2,29,30)(H,31,34)/t22-,23-/m1/s1. The van der Waals surface area contributed by atoms with Gasteiger partial charge in [0.1, 0.15) is 5.84 Å². The van der Waals surface area contributed by atoms with Gasteiger partial charge in [0.2, 0.25) is 0 Å². The Hall–Kier alpha value is -3.76. The molecule has 10 nitrogen and oxygen atoms in total. The zero-order chi connectivity index (χ0) is 27.4. The third-order valence-corrected chi connectivity index (χ3v) is 6.90. The molecule has 10 heteroatoms. The predicted molar refractivity (Wildman–Crippen MR) is 142 cm³/mol. The minimum atomic E-state index is -1.73. The zero-order valence-corrected chi connectivity index (χ0v) is 21.9. The number of esters is 1. The van der Waals surface area contributed by atoms with Gasteiger partial charge in [0.25, 0.3) is 11.8 Å². The highest BCUT2D eigenvalue weighted by Gasteiger charge is 2.40. The number of morpholine rings is 1. The molecule has 1 fully saturated rings. The Kier molecular flexibility index (Phi) is 8.13. The lowest BCUT2D eigenvalue weighted by Crippen LogP contribution is -2.55. The Balaban J connectivity index is 1.46. The minimum absolute atomic E-state index is 0.125. The number of hydrogen-bond donors (Lipinski definition) is 4. The number of aliphatic hydroxyl groups is 1. The molecule has 38 heavy (non-hydrogen) atoms. The van der Waals surface area contributed by atoms with Crippen LogP contribution < -0.4 is 15.5 Å². The molecule has 2 atom stereocenters. The highest BCUT2D eigenvalue weighted by molar-refractivity contribution is 6.05. The number of fused-ring (bicyclic) bond motifs is 1. The van der Waals surface area contributed by atoms with Crippen molar-refractivity contribution in [3.05, 3.63) is 59.2 Å². The summed E-state index contributed by atoms with van der Waals surface area (Å²) in [5.74, 6) is -1.34. The number of unbranched alkanes of at least 4 members (excludes halogenated alkanes) is 1. The molecular formula is C28H34N4O6. The van der Waals surface area contributed by atoms with E-state index in [4.69, 9.17) is 14.9 Å². The smallest absolute Gasteiger partial charge is 0.315 e. The number of hydrogen-bond acceptors (Lipinski definition) is 7. The Bertz CT molecular complexity index is 1240. The maximum Gasteiger partial charge on any atom is 0.315 e. The van der Waals surface area contributed by atoms with Gasteiger partial charge in [0.05, 0.1) is 18.6 Å². The van der Waals surface area contributed by atoms with Gasteiger partial charge in [-0.15, -0.1) is 0 Å². The average molecular weight is 523 g/mol. The van der Waals surface area contributed by atoms with Crippen molar-refractivity contribution >= 4 is 35.0 Å². The van der Waals surface area contributed by atoms with Crippen LogP contribution in [0.1, 0.15) is 50.3 Å². The third kappa shape index (κ3) is 5.56. The van der Waals surface area contributed by atoms with Gasteiger partial charge < -0.3 is 30.1 Å². The summed E-state index contributed by atoms with van der Waals surface area (Å²) >= 11 is 0. The van der Waals surface area contributed by atoms with Gasteiger partial charge in [0.15, 0.2) is 12.2 Å². The number of amidine groups is 1. The Morgan fingerprint density at radius 3 is 2.84 bits per heavy atom. The quantitative estimate of drug-likeness (QED) is 0.293. The molecule has 0 radical (unpaired) electrons. The first kappa shape index (κ1) is 27.3. The topological polar surface area (TPSA) is 141 Å². The molecule has 2 aromatic rings. The van der Waals surface area contributed by atoms with Crippen LogP contribution in [-0.4, -0.2) is 60.7 Å². The maximum absolute atomic E-state index is 13.3. The molecule has 4 N–H and O–H groups in total. The summed E-state index contributed by atoms with van der Waals surface area (Å²) in [7, 11) is 0. The van der Waals surface area contributed by atoms with Gasteiger partial charge in [-0.2, -0.15) is 0 Å². The molecule has 0 aromatic heterocycles. The molecule has 4 rings (SSSR count). The van der Waals surface area contributed by atoms with E-state index in [1.165, 1.54) is 4.90 Å². The first-order chi connectivity index (χ1) is 18.1. The highest BCUT2D eigenvalue weighted by Crippen LogP contribution is 2.30. The number of benzene rings is 2. The molecule has 2 amide bonds. The number of aliphatic hydroxyl groups excluding tert-OH is 1. The van der Waals surface area contributed by atoms with Crippen LogP contribution >= 0.6 is 0 Å². The lowest BCUT2D eigenvalue weighted by atomic mass is 9.84. The van der Waals surface area contributed by atoms with Crippen LogP contribution in [0, 0.1) is 5.41 Å². The number of rotatable bonds is 9. The third-order valence-electron chi connectivity index (χ3n) is 6.90. The zero-order valence-electron chi connectivity index (χ0n) is 21.9. The summed E-state index contributed by atoms with van der Waals surface area (Å²) in [6, 6.07) is 12.1. The van der Waals surface area contributed by atoms with E-state index in [0.717, 1.165) is 24.0 Å². The molecule has 0 bridgehead atoms. The number of ether oxygens (including phenoxy) is 2. The first-order valence-corrected chi connectivity index (χ1v) is 12.8. The van der Waals surface area contributed by atoms with Crippen molar-refractivity contribution in [1.82, 2.24) is 5.32 Å². The van der Waals surface area contributed by atoms with Gasteiger partial charge in [-0.1, -0.05) is 25.5 Å². The predicted octanol–water partition coefficient (Wildman–Crippen LogP) is 2.47. The van der Waals surface area contributed by atoms with Crippen molar-refractivity contribution in [2.24, 2.45) is 0 Å². The van der Waals surface area contributed by atoms with E-state index in [1.54, 1.807) is 50.2 Å². The van der Waals surface area contributed by atoms with Crippen molar-refractivity contribution in [2.75, 3.05) is 30.0 Å². The van der Waals surface area contributed by atoms with Gasteiger partial charge in [-0.3, -0.25) is 19.8 Å². The van der Waals surface area contributed by atoms with Gasteiger partial charge >= 0.3 is 5.97 Å². The fourth-order valence-corrected chi connectivity index (χ4v) is 4.45. The summed E-state index contributed by atoms with van der Waals surface area (Å²) in [4.78, 5) is 40.3. The molecule has 202 valence electrons. The molecule has 0 aliphatic carbocycles. The van der Waals surface area contributed by atoms with Gasteiger partial charge in [0, 0.05) is 30.0 Å². The number of amides is 2. The fraction of sp³-hybridized carbons (Fsp3) is 0.429. The van der Waals surface area contributed by atoms with E-state index in [-0.39, 0.29) is 19.1 Å². The van der Waals surface area contributed by atoms with Crippen LogP contribution in [0.15, 0.2) is 42.5 Å². The second kappa shape index (κ2) is 11.3. The molecule has 2 aromatic carbocycles. The SMILES string of the molecule is CCCCOC(=O)C(C)(C)c1cccc(N2CCO[C@H]([C@@H](O)C(=O)Nc3ccc4c(c3)CNC4=N)C2=O)c1. The van der Waals surface area contributed by atoms with Crippen LogP contribution in [-0.2, 0) is 35.8 Å². The number of nitrogens with zero attached hydrogens (tertiary/aromatic N) is 1. The number of carbonyl (C=O) groups is 3. The average Bonchev–Trinajstić information content (AvgIpc) is 3.28. The van der Waals surface area contributed by atoms with E-state index < -0.39 is 29.4 Å². The molecular weight excluding hydrogens is 488 g/mol. The Morgan fingerprint density at radius 2 is 2.08 bits per heavy atom. The van der Waals surface area contributed by atoms with E-state index >= 15 is 0 Å². The molecule has 2 heterocycles. The van der Waals surface area contributed by atoms with Crippen LogP contribution in [0.3, 0.4) is 0 Å². The fourth-order valence-electron chi connectivity index (χ4n) is 4.45. The largest absolute Gasteiger partial charge is 0.465 e. The van der Waals surface area contributed by atoms with Crippen LogP contribution in [0.2, 0.25) is 0 Å². The minimum Gasteiger partial charge on any atom is -0.465 e. The summed E-state index contributed by atoms with van der Waals surface area (Å²) in [6.45, 7) is 6.76. The van der Waals surface area contributed by atoms with Gasteiger partial charge in [-0.25, -0.2) is 0 Å². The number of nitrogens with one attached hydrogen (secondary N) is 3. The molecule has 2 aliphatic rings. The normalized spacial score (nSPS) is 18.0. The highest BCUT2D eigenvalue weighted by atomic mass is 16.5. The summed E-state index contributed by atoms with van der Waals surface area (Å²) in [6.07, 6.45) is -1.41. The lowest BCUT2D eigenvalue weighted by molar-refractivity contribution is -0.150. The molecule has 2 aliphatic heterocycles. The van der Waals surface area contributed by atoms with Crippen molar-refractivity contribution in [2.45, 2.75) is 57.8 Å². The summed E-state index contributed by atoms with van der Waals surface area (Å²) in [5.41, 5.74) is 2.35. The first-order valence-electron chi connectivity index (χ1n) is 12.8. The Morgan fingerprint density at radius 1 is 1.29 bits per heavy atom. The van der Waals surface area contributed by atoms with Gasteiger partial charge in [-0.05, 0) is 61.7 Å². The van der Waals surface area contributed by atoms with Crippen LogP contribution in [0.25, 0.3) is 0 Å².